The van der Waals surface area contributed by atoms with Crippen molar-refractivity contribution in [1.82, 2.24) is 0 Å². The van der Waals surface area contributed by atoms with Crippen molar-refractivity contribution in [2.75, 3.05) is 0 Å². The maximum atomic E-state index is 10.3. The molecule has 24 heavy (non-hydrogen) atoms. The highest BCUT2D eigenvalue weighted by molar-refractivity contribution is 5.66. The third-order valence-electron chi connectivity index (χ3n) is 3.41. The fourth-order valence-electron chi connectivity index (χ4n) is 1.98. The summed E-state index contributed by atoms with van der Waals surface area (Å²) in [6.45, 7) is 2.09. The molecule has 0 aliphatic carbocycles. The number of carbonyl (C=O) groups is 1. The van der Waals surface area contributed by atoms with E-state index in [0.29, 0.717) is 19.3 Å². The van der Waals surface area contributed by atoms with Gasteiger partial charge in [-0.1, -0.05) is 55.5 Å². The van der Waals surface area contributed by atoms with Gasteiger partial charge in [-0.05, 0) is 44.9 Å². The minimum atomic E-state index is -0.761. The third-order valence-corrected chi connectivity index (χ3v) is 3.41. The van der Waals surface area contributed by atoms with Gasteiger partial charge in [-0.25, -0.2) is 0 Å². The first kappa shape index (κ1) is 22.4. The molecule has 0 aromatic carbocycles. The van der Waals surface area contributed by atoms with E-state index in [2.05, 4.69) is 19.1 Å². The Bertz CT molecular complexity index is 421. The van der Waals surface area contributed by atoms with Crippen LogP contribution in [0.25, 0.3) is 0 Å². The van der Waals surface area contributed by atoms with Crippen LogP contribution in [0.3, 0.4) is 0 Å². The Hall–Kier alpha value is -1.65. The summed E-state index contributed by atoms with van der Waals surface area (Å²) >= 11 is 0. The van der Waals surface area contributed by atoms with Crippen molar-refractivity contribution in [1.29, 1.82) is 0 Å². The number of carboxylic acids is 1. The quantitative estimate of drug-likeness (QED) is 0.329. The Morgan fingerprint density at radius 3 is 1.83 bits per heavy atom. The molecule has 2 atom stereocenters. The zero-order valence-electron chi connectivity index (χ0n) is 14.7. The van der Waals surface area contributed by atoms with Crippen molar-refractivity contribution in [2.45, 2.75) is 70.5 Å². The monoisotopic (exact) mass is 336 g/mol. The smallest absolute Gasteiger partial charge is 0.303 e. The Labute approximate surface area is 145 Å². The standard InChI is InChI=1S/C20H32O4/c1-2-3-4-5-9-12-15-18(21)19(22)16-13-10-7-6-8-11-14-17-20(23)24/h3-4,6,8-10,12-13,18-19,21-22H,2,5,7,11,14-17H2,1H3,(H,23,24)/t18-,19+/m1/s1. The summed E-state index contributed by atoms with van der Waals surface area (Å²) in [6, 6.07) is 0. The van der Waals surface area contributed by atoms with Crippen molar-refractivity contribution in [2.24, 2.45) is 0 Å². The van der Waals surface area contributed by atoms with E-state index in [-0.39, 0.29) is 6.42 Å². The van der Waals surface area contributed by atoms with Gasteiger partial charge in [-0.15, -0.1) is 0 Å². The van der Waals surface area contributed by atoms with E-state index in [1.807, 2.05) is 36.5 Å². The van der Waals surface area contributed by atoms with Gasteiger partial charge in [0, 0.05) is 6.42 Å². The average molecular weight is 336 g/mol. The number of carboxylic acid groups (broad SMARTS) is 1. The van der Waals surface area contributed by atoms with E-state index >= 15 is 0 Å². The molecule has 0 rings (SSSR count). The van der Waals surface area contributed by atoms with Gasteiger partial charge >= 0.3 is 5.97 Å². The Kier molecular flexibility index (Phi) is 15.1. The molecule has 0 aromatic heterocycles. The summed E-state index contributed by atoms with van der Waals surface area (Å²) in [7, 11) is 0. The molecule has 136 valence electrons. The number of hydrogen-bond acceptors (Lipinski definition) is 3. The summed E-state index contributed by atoms with van der Waals surface area (Å²) in [5, 5.41) is 28.2. The van der Waals surface area contributed by atoms with Gasteiger partial charge in [0.1, 0.15) is 0 Å². The summed E-state index contributed by atoms with van der Waals surface area (Å²) in [5.74, 6) is -0.761. The molecule has 0 aliphatic heterocycles. The van der Waals surface area contributed by atoms with Crippen LogP contribution in [-0.2, 0) is 4.79 Å². The lowest BCUT2D eigenvalue weighted by Crippen LogP contribution is -2.24. The number of aliphatic hydroxyl groups excluding tert-OH is 2. The number of aliphatic hydroxyl groups is 2. The van der Waals surface area contributed by atoms with Crippen LogP contribution in [-0.4, -0.2) is 33.5 Å². The molecule has 0 aromatic rings. The van der Waals surface area contributed by atoms with Crippen LogP contribution < -0.4 is 0 Å². The molecule has 0 unspecified atom stereocenters. The molecule has 0 amide bonds. The Balaban J connectivity index is 3.74. The molecular weight excluding hydrogens is 304 g/mol. The van der Waals surface area contributed by atoms with Crippen LogP contribution in [0, 0.1) is 0 Å². The predicted octanol–water partition coefficient (Wildman–Crippen LogP) is 4.16. The second-order valence-corrected chi connectivity index (χ2v) is 5.66. The number of aliphatic carboxylic acids is 1. The van der Waals surface area contributed by atoms with E-state index < -0.39 is 18.2 Å². The number of allylic oxidation sites excluding steroid dienone is 6. The summed E-state index contributed by atoms with van der Waals surface area (Å²) in [5.41, 5.74) is 0. The largest absolute Gasteiger partial charge is 0.481 e. The first-order valence-electron chi connectivity index (χ1n) is 8.75. The summed E-state index contributed by atoms with van der Waals surface area (Å²) in [4.78, 5) is 10.3. The van der Waals surface area contributed by atoms with Crippen LogP contribution in [0.1, 0.15) is 58.3 Å². The van der Waals surface area contributed by atoms with Crippen molar-refractivity contribution in [3.05, 3.63) is 48.6 Å². The molecule has 0 bridgehead atoms. The van der Waals surface area contributed by atoms with Gasteiger partial charge in [0.15, 0.2) is 0 Å². The van der Waals surface area contributed by atoms with Gasteiger partial charge < -0.3 is 15.3 Å². The number of unbranched alkanes of at least 4 members (excludes halogenated alkanes) is 1. The maximum Gasteiger partial charge on any atom is 0.303 e. The van der Waals surface area contributed by atoms with Gasteiger partial charge in [0.05, 0.1) is 12.2 Å². The van der Waals surface area contributed by atoms with E-state index in [1.165, 1.54) is 0 Å². The second-order valence-electron chi connectivity index (χ2n) is 5.66. The lowest BCUT2D eigenvalue weighted by Gasteiger charge is -2.14. The predicted molar refractivity (Wildman–Crippen MR) is 98.8 cm³/mol. The summed E-state index contributed by atoms with van der Waals surface area (Å²) in [6.07, 6.45) is 19.5. The van der Waals surface area contributed by atoms with Crippen LogP contribution in [0.4, 0.5) is 0 Å². The highest BCUT2D eigenvalue weighted by atomic mass is 16.4. The normalized spacial score (nSPS) is 15.1. The average Bonchev–Trinajstić information content (AvgIpc) is 2.55. The lowest BCUT2D eigenvalue weighted by atomic mass is 10.1. The van der Waals surface area contributed by atoms with Gasteiger partial charge in [0.2, 0.25) is 0 Å². The molecule has 3 N–H and O–H groups in total. The summed E-state index contributed by atoms with van der Waals surface area (Å²) < 4.78 is 0. The van der Waals surface area contributed by atoms with Crippen LogP contribution in [0.2, 0.25) is 0 Å². The van der Waals surface area contributed by atoms with Gasteiger partial charge in [-0.3, -0.25) is 4.79 Å². The Morgan fingerprint density at radius 2 is 1.33 bits per heavy atom. The number of rotatable bonds is 14. The van der Waals surface area contributed by atoms with Crippen molar-refractivity contribution in [3.8, 4) is 0 Å². The second kappa shape index (κ2) is 16.2. The fraction of sp³-hybridized carbons (Fsp3) is 0.550. The van der Waals surface area contributed by atoms with Gasteiger partial charge in [0.25, 0.3) is 0 Å². The van der Waals surface area contributed by atoms with Crippen LogP contribution >= 0.6 is 0 Å². The van der Waals surface area contributed by atoms with E-state index in [1.54, 1.807) is 0 Å². The first-order valence-corrected chi connectivity index (χ1v) is 8.75. The first-order chi connectivity index (χ1) is 11.6. The molecule has 4 heteroatoms. The van der Waals surface area contributed by atoms with Crippen molar-refractivity contribution >= 4 is 5.97 Å². The molecular formula is C20H32O4. The molecule has 0 radical (unpaired) electrons. The lowest BCUT2D eigenvalue weighted by molar-refractivity contribution is -0.137. The minimum absolute atomic E-state index is 0.202. The van der Waals surface area contributed by atoms with E-state index in [0.717, 1.165) is 25.7 Å². The Morgan fingerprint density at radius 1 is 0.833 bits per heavy atom. The van der Waals surface area contributed by atoms with Crippen LogP contribution in [0.15, 0.2) is 48.6 Å². The minimum Gasteiger partial charge on any atom is -0.481 e. The van der Waals surface area contributed by atoms with E-state index in [4.69, 9.17) is 5.11 Å². The fourth-order valence-corrected chi connectivity index (χ4v) is 1.98. The third kappa shape index (κ3) is 15.3. The van der Waals surface area contributed by atoms with Crippen LogP contribution in [0.5, 0.6) is 0 Å². The maximum absolute atomic E-state index is 10.3. The molecule has 0 spiro atoms. The molecule has 0 saturated heterocycles. The highest BCUT2D eigenvalue weighted by Gasteiger charge is 2.12. The van der Waals surface area contributed by atoms with E-state index in [9.17, 15) is 15.0 Å². The zero-order chi connectivity index (χ0) is 18.0. The molecule has 4 nitrogen and oxygen atoms in total. The van der Waals surface area contributed by atoms with Crippen molar-refractivity contribution in [3.63, 3.8) is 0 Å². The topological polar surface area (TPSA) is 77.8 Å². The highest BCUT2D eigenvalue weighted by Crippen LogP contribution is 2.06. The number of hydrogen-bond donors (Lipinski definition) is 3. The molecule has 0 aliphatic rings. The molecule has 0 heterocycles. The SMILES string of the molecule is CCC=CCC=CC[C@@H](O)[C@@H](O)CC=CCC=CCCCC(=O)O. The molecule has 0 saturated carbocycles. The zero-order valence-corrected chi connectivity index (χ0v) is 14.7. The van der Waals surface area contributed by atoms with Gasteiger partial charge in [-0.2, -0.15) is 0 Å². The van der Waals surface area contributed by atoms with Crippen molar-refractivity contribution < 1.29 is 20.1 Å². The molecule has 0 fully saturated rings.